The van der Waals surface area contributed by atoms with E-state index in [4.69, 9.17) is 0 Å². The van der Waals surface area contributed by atoms with Gasteiger partial charge in [-0.25, -0.2) is 0 Å². The van der Waals surface area contributed by atoms with Gasteiger partial charge >= 0.3 is 0 Å². The molecule has 8 atom stereocenters. The highest BCUT2D eigenvalue weighted by Crippen LogP contribution is 2.68. The first-order chi connectivity index (χ1) is 12.5. The SMILES string of the molecule is CCCCC[C@@H](C)[C@H]1CC[C@H]2[C@@H]3CCC4CCCC[C@]4(C)[C@H]3CC[C@]12C. The molecule has 0 aromatic rings. The summed E-state index contributed by atoms with van der Waals surface area (Å²) in [6.07, 6.45) is 21.4. The van der Waals surface area contributed by atoms with Crippen LogP contribution in [0.15, 0.2) is 0 Å². The van der Waals surface area contributed by atoms with Crippen molar-refractivity contribution in [2.24, 2.45) is 46.3 Å². The summed E-state index contributed by atoms with van der Waals surface area (Å²) in [7, 11) is 0. The molecule has 0 radical (unpaired) electrons. The summed E-state index contributed by atoms with van der Waals surface area (Å²) < 4.78 is 0. The lowest BCUT2D eigenvalue weighted by atomic mass is 9.44. The molecular formula is C26H46. The zero-order valence-corrected chi connectivity index (χ0v) is 18.4. The van der Waals surface area contributed by atoms with E-state index in [1.165, 1.54) is 38.5 Å². The minimum Gasteiger partial charge on any atom is -0.0654 e. The zero-order valence-electron chi connectivity index (χ0n) is 18.4. The molecule has 4 aliphatic rings. The lowest BCUT2D eigenvalue weighted by molar-refractivity contribution is -0.114. The number of unbranched alkanes of at least 4 members (excludes halogenated alkanes) is 2. The fourth-order valence-corrected chi connectivity index (χ4v) is 9.19. The second-order valence-electron chi connectivity index (χ2n) is 11.6. The Morgan fingerprint density at radius 3 is 2.42 bits per heavy atom. The van der Waals surface area contributed by atoms with E-state index in [0.717, 1.165) is 35.5 Å². The smallest absolute Gasteiger partial charge is 0.0264 e. The molecule has 0 spiro atoms. The number of hydrogen-bond acceptors (Lipinski definition) is 0. The average molecular weight is 359 g/mol. The second-order valence-corrected chi connectivity index (χ2v) is 11.6. The average Bonchev–Trinajstić information content (AvgIpc) is 2.98. The molecular weight excluding hydrogens is 312 g/mol. The van der Waals surface area contributed by atoms with Crippen molar-refractivity contribution in [1.82, 2.24) is 0 Å². The van der Waals surface area contributed by atoms with Gasteiger partial charge in [0.05, 0.1) is 0 Å². The van der Waals surface area contributed by atoms with Gasteiger partial charge in [0, 0.05) is 0 Å². The molecule has 4 aliphatic carbocycles. The third kappa shape index (κ3) is 3.00. The van der Waals surface area contributed by atoms with E-state index in [0.29, 0.717) is 10.8 Å². The molecule has 0 nitrogen and oxygen atoms in total. The van der Waals surface area contributed by atoms with Crippen LogP contribution in [-0.4, -0.2) is 0 Å². The Bertz CT molecular complexity index is 480. The maximum Gasteiger partial charge on any atom is -0.0264 e. The van der Waals surface area contributed by atoms with Crippen LogP contribution in [0.1, 0.15) is 118 Å². The molecule has 4 rings (SSSR count). The van der Waals surface area contributed by atoms with Gasteiger partial charge in [0.15, 0.2) is 0 Å². The topological polar surface area (TPSA) is 0 Å². The van der Waals surface area contributed by atoms with Crippen LogP contribution in [0.3, 0.4) is 0 Å². The molecule has 4 saturated carbocycles. The predicted molar refractivity (Wildman–Crippen MR) is 113 cm³/mol. The van der Waals surface area contributed by atoms with Crippen LogP contribution >= 0.6 is 0 Å². The van der Waals surface area contributed by atoms with E-state index < -0.39 is 0 Å². The van der Waals surface area contributed by atoms with Crippen molar-refractivity contribution in [3.63, 3.8) is 0 Å². The molecule has 0 N–H and O–H groups in total. The molecule has 26 heavy (non-hydrogen) atoms. The maximum atomic E-state index is 2.75. The Kier molecular flexibility index (Phi) is 5.53. The van der Waals surface area contributed by atoms with Gasteiger partial charge in [-0.15, -0.1) is 0 Å². The minimum atomic E-state index is 0.685. The first-order valence-electron chi connectivity index (χ1n) is 12.5. The molecule has 1 unspecified atom stereocenters. The van der Waals surface area contributed by atoms with Crippen molar-refractivity contribution in [3.8, 4) is 0 Å². The molecule has 0 aromatic carbocycles. The van der Waals surface area contributed by atoms with Gasteiger partial charge < -0.3 is 0 Å². The predicted octanol–water partition coefficient (Wildman–Crippen LogP) is 8.25. The molecule has 0 amide bonds. The van der Waals surface area contributed by atoms with Crippen LogP contribution < -0.4 is 0 Å². The first-order valence-corrected chi connectivity index (χ1v) is 12.5. The van der Waals surface area contributed by atoms with E-state index in [2.05, 4.69) is 27.7 Å². The standard InChI is InChI=1S/C26H46/c1-5-6-7-10-19(2)22-14-15-23-21-13-12-20-11-8-9-17-25(20,3)24(21)16-18-26(22,23)4/h19-24H,5-18H2,1-4H3/t19-,20?,21+,22-,23+,24+,25+,26-/m1/s1. The third-order valence-electron chi connectivity index (χ3n) is 10.6. The highest BCUT2D eigenvalue weighted by molar-refractivity contribution is 5.09. The van der Waals surface area contributed by atoms with Crippen LogP contribution in [0.5, 0.6) is 0 Å². The van der Waals surface area contributed by atoms with E-state index in [9.17, 15) is 0 Å². The van der Waals surface area contributed by atoms with Crippen LogP contribution in [0.4, 0.5) is 0 Å². The van der Waals surface area contributed by atoms with Gasteiger partial charge in [0.2, 0.25) is 0 Å². The van der Waals surface area contributed by atoms with Gasteiger partial charge in [-0.2, -0.15) is 0 Å². The highest BCUT2D eigenvalue weighted by atomic mass is 14.6. The number of hydrogen-bond donors (Lipinski definition) is 0. The van der Waals surface area contributed by atoms with Crippen molar-refractivity contribution < 1.29 is 0 Å². The maximum absolute atomic E-state index is 2.75. The molecule has 0 saturated heterocycles. The lowest BCUT2D eigenvalue weighted by Crippen LogP contribution is -2.53. The third-order valence-corrected chi connectivity index (χ3v) is 10.6. The Balaban J connectivity index is 1.49. The van der Waals surface area contributed by atoms with E-state index in [1.54, 1.807) is 51.4 Å². The highest BCUT2D eigenvalue weighted by Gasteiger charge is 2.59. The van der Waals surface area contributed by atoms with Gasteiger partial charge in [-0.1, -0.05) is 66.2 Å². The lowest BCUT2D eigenvalue weighted by Gasteiger charge is -2.61. The summed E-state index contributed by atoms with van der Waals surface area (Å²) >= 11 is 0. The summed E-state index contributed by atoms with van der Waals surface area (Å²) in [4.78, 5) is 0. The number of rotatable bonds is 5. The van der Waals surface area contributed by atoms with Crippen molar-refractivity contribution in [1.29, 1.82) is 0 Å². The molecule has 0 aliphatic heterocycles. The van der Waals surface area contributed by atoms with Crippen LogP contribution in [0.2, 0.25) is 0 Å². The minimum absolute atomic E-state index is 0.685. The largest absolute Gasteiger partial charge is 0.0654 e. The van der Waals surface area contributed by atoms with Gasteiger partial charge in [0.1, 0.15) is 0 Å². The quantitative estimate of drug-likeness (QED) is 0.434. The first kappa shape index (κ1) is 19.3. The molecule has 0 heterocycles. The normalized spacial score (nSPS) is 49.2. The summed E-state index contributed by atoms with van der Waals surface area (Å²) in [6.45, 7) is 10.4. The summed E-state index contributed by atoms with van der Waals surface area (Å²) in [5, 5.41) is 0. The van der Waals surface area contributed by atoms with Crippen LogP contribution in [0.25, 0.3) is 0 Å². The van der Waals surface area contributed by atoms with Crippen molar-refractivity contribution in [3.05, 3.63) is 0 Å². The van der Waals surface area contributed by atoms with Crippen molar-refractivity contribution in [2.45, 2.75) is 118 Å². The molecule has 0 aromatic heterocycles. The Morgan fingerprint density at radius 1 is 0.808 bits per heavy atom. The summed E-state index contributed by atoms with van der Waals surface area (Å²) in [6, 6.07) is 0. The van der Waals surface area contributed by atoms with E-state index >= 15 is 0 Å². The number of fused-ring (bicyclic) bond motifs is 5. The van der Waals surface area contributed by atoms with Gasteiger partial charge in [-0.05, 0) is 97.7 Å². The Hall–Kier alpha value is 0. The fourth-order valence-electron chi connectivity index (χ4n) is 9.19. The summed E-state index contributed by atoms with van der Waals surface area (Å²) in [5.41, 5.74) is 1.40. The van der Waals surface area contributed by atoms with E-state index in [-0.39, 0.29) is 0 Å². The molecule has 150 valence electrons. The molecule has 0 bridgehead atoms. The van der Waals surface area contributed by atoms with Gasteiger partial charge in [-0.3, -0.25) is 0 Å². The molecule has 4 fully saturated rings. The Morgan fingerprint density at radius 2 is 1.62 bits per heavy atom. The summed E-state index contributed by atoms with van der Waals surface area (Å²) in [5.74, 6) is 6.30. The van der Waals surface area contributed by atoms with Crippen LogP contribution in [-0.2, 0) is 0 Å². The monoisotopic (exact) mass is 358 g/mol. The zero-order chi connectivity index (χ0) is 18.4. The van der Waals surface area contributed by atoms with Crippen molar-refractivity contribution >= 4 is 0 Å². The van der Waals surface area contributed by atoms with E-state index in [1.807, 2.05) is 0 Å². The fraction of sp³-hybridized carbons (Fsp3) is 1.00. The molecule has 0 heteroatoms. The van der Waals surface area contributed by atoms with Crippen LogP contribution in [0, 0.1) is 46.3 Å². The second kappa shape index (κ2) is 7.44. The van der Waals surface area contributed by atoms with Crippen molar-refractivity contribution in [2.75, 3.05) is 0 Å². The van der Waals surface area contributed by atoms with Gasteiger partial charge in [0.25, 0.3) is 0 Å². The Labute approximate surface area is 164 Å².